The van der Waals surface area contributed by atoms with E-state index in [4.69, 9.17) is 16.6 Å². The molecule has 7 heteroatoms. The van der Waals surface area contributed by atoms with Crippen molar-refractivity contribution in [3.05, 3.63) is 68.0 Å². The number of hydrogen-bond acceptors (Lipinski definition) is 5. The van der Waals surface area contributed by atoms with Gasteiger partial charge in [0, 0.05) is 5.39 Å². The van der Waals surface area contributed by atoms with Gasteiger partial charge in [0.2, 0.25) is 0 Å². The Hall–Kier alpha value is -3.06. The molecule has 2 N–H and O–H groups in total. The van der Waals surface area contributed by atoms with E-state index in [1.807, 2.05) is 12.1 Å². The maximum atomic E-state index is 12.2. The number of nitrogens with zero attached hydrogens (tertiary/aromatic N) is 1. The van der Waals surface area contributed by atoms with E-state index in [1.165, 1.54) is 0 Å². The molecule has 0 atom stereocenters. The molecule has 0 aliphatic heterocycles. The lowest BCUT2D eigenvalue weighted by molar-refractivity contribution is 0.563. The predicted octanol–water partition coefficient (Wildman–Crippen LogP) is 2.75. The van der Waals surface area contributed by atoms with Gasteiger partial charge >= 0.3 is 5.63 Å². The Morgan fingerprint density at radius 1 is 1.04 bits per heavy atom. The predicted molar refractivity (Wildman–Crippen MR) is 89.0 cm³/mol. The fourth-order valence-corrected chi connectivity index (χ4v) is 2.63. The van der Waals surface area contributed by atoms with Crippen LogP contribution < -0.4 is 11.2 Å². The van der Waals surface area contributed by atoms with Gasteiger partial charge in [0.05, 0.1) is 16.6 Å². The first-order valence-corrected chi connectivity index (χ1v) is 7.19. The van der Waals surface area contributed by atoms with Crippen molar-refractivity contribution in [3.63, 3.8) is 0 Å². The van der Waals surface area contributed by atoms with Crippen molar-refractivity contribution in [2.24, 2.45) is 0 Å². The van der Waals surface area contributed by atoms with Gasteiger partial charge in [0.15, 0.2) is 4.77 Å². The molecule has 1 aromatic carbocycles. The fourth-order valence-electron chi connectivity index (χ4n) is 2.44. The molecule has 0 radical (unpaired) electrons. The Morgan fingerprint density at radius 2 is 1.87 bits per heavy atom. The molecule has 0 amide bonds. The second-order valence-corrected chi connectivity index (χ2v) is 5.39. The summed E-state index contributed by atoms with van der Waals surface area (Å²) in [5, 5.41) is 1.16. The minimum Gasteiger partial charge on any atom is -0.422 e. The molecule has 0 unspecified atom stereocenters. The summed E-state index contributed by atoms with van der Waals surface area (Å²) in [7, 11) is 0. The van der Waals surface area contributed by atoms with Gasteiger partial charge in [-0.05, 0) is 36.5 Å². The quantitative estimate of drug-likeness (QED) is 0.415. The smallest absolute Gasteiger partial charge is 0.345 e. The molecule has 0 aliphatic rings. The molecule has 4 aromatic rings. The maximum absolute atomic E-state index is 12.2. The van der Waals surface area contributed by atoms with Crippen LogP contribution in [0.4, 0.5) is 0 Å². The van der Waals surface area contributed by atoms with Crippen molar-refractivity contribution in [1.29, 1.82) is 0 Å². The molecule has 112 valence electrons. The Bertz CT molecular complexity index is 1240. The second kappa shape index (κ2) is 4.99. The number of aromatic nitrogens is 3. The normalized spacial score (nSPS) is 11.1. The van der Waals surface area contributed by atoms with Crippen LogP contribution in [0.15, 0.2) is 56.5 Å². The highest BCUT2D eigenvalue weighted by atomic mass is 32.1. The first kappa shape index (κ1) is 13.6. The molecular formula is C16H9N3O3S. The molecule has 0 saturated carbocycles. The maximum Gasteiger partial charge on any atom is 0.345 e. The van der Waals surface area contributed by atoms with Crippen LogP contribution >= 0.6 is 12.2 Å². The summed E-state index contributed by atoms with van der Waals surface area (Å²) >= 11 is 4.94. The first-order valence-electron chi connectivity index (χ1n) is 6.78. The number of para-hydroxylation sites is 1. The van der Waals surface area contributed by atoms with Crippen molar-refractivity contribution in [2.75, 3.05) is 0 Å². The molecule has 0 spiro atoms. The van der Waals surface area contributed by atoms with Gasteiger partial charge in [-0.2, -0.15) is 0 Å². The number of pyridine rings is 1. The highest BCUT2D eigenvalue weighted by Crippen LogP contribution is 2.20. The van der Waals surface area contributed by atoms with Crippen LogP contribution in [0.3, 0.4) is 0 Å². The summed E-state index contributed by atoms with van der Waals surface area (Å²) in [6, 6.07) is 12.2. The van der Waals surface area contributed by atoms with E-state index in [9.17, 15) is 9.59 Å². The third kappa shape index (κ3) is 2.27. The highest BCUT2D eigenvalue weighted by Gasteiger charge is 2.10. The van der Waals surface area contributed by atoms with E-state index in [-0.39, 0.29) is 10.3 Å². The van der Waals surface area contributed by atoms with Gasteiger partial charge in [-0.15, -0.1) is 0 Å². The van der Waals surface area contributed by atoms with Crippen LogP contribution in [0.5, 0.6) is 0 Å². The largest absolute Gasteiger partial charge is 0.422 e. The SMILES string of the molecule is O=c1oc2ccccc2cc1-c1ccc2c(=O)[nH]c(=S)[nH]c2n1. The summed E-state index contributed by atoms with van der Waals surface area (Å²) in [6.07, 6.45) is 0. The van der Waals surface area contributed by atoms with Crippen LogP contribution in [-0.4, -0.2) is 15.0 Å². The zero-order chi connectivity index (χ0) is 16.0. The molecule has 23 heavy (non-hydrogen) atoms. The van der Waals surface area contributed by atoms with Crippen LogP contribution in [0, 0.1) is 4.77 Å². The van der Waals surface area contributed by atoms with Gasteiger partial charge in [-0.1, -0.05) is 18.2 Å². The van der Waals surface area contributed by atoms with Gasteiger partial charge < -0.3 is 9.40 Å². The van der Waals surface area contributed by atoms with Crippen LogP contribution in [0.25, 0.3) is 33.3 Å². The second-order valence-electron chi connectivity index (χ2n) is 4.99. The number of aromatic amines is 2. The standard InChI is InChI=1S/C16H9N3O3S/c20-14-9-5-6-11(17-13(9)18-16(23)19-14)10-7-8-3-1-2-4-12(8)22-15(10)21/h1-7H,(H2,17,18,19,20,23). The third-order valence-corrected chi connectivity index (χ3v) is 3.72. The van der Waals surface area contributed by atoms with E-state index >= 15 is 0 Å². The van der Waals surface area contributed by atoms with Crippen LogP contribution in [-0.2, 0) is 0 Å². The molecule has 0 saturated heterocycles. The lowest BCUT2D eigenvalue weighted by atomic mass is 10.1. The summed E-state index contributed by atoms with van der Waals surface area (Å²) in [4.78, 5) is 33.7. The summed E-state index contributed by atoms with van der Waals surface area (Å²) < 4.78 is 5.49. The summed E-state index contributed by atoms with van der Waals surface area (Å²) in [5.74, 6) is 0. The van der Waals surface area contributed by atoms with Crippen LogP contribution in [0.1, 0.15) is 0 Å². The van der Waals surface area contributed by atoms with Gasteiger partial charge in [0.1, 0.15) is 11.2 Å². The molecule has 0 aliphatic carbocycles. The minimum absolute atomic E-state index is 0.178. The van der Waals surface area contributed by atoms with E-state index in [0.717, 1.165) is 5.39 Å². The minimum atomic E-state index is -0.487. The van der Waals surface area contributed by atoms with Crippen LogP contribution in [0.2, 0.25) is 0 Å². The van der Waals surface area contributed by atoms with E-state index in [0.29, 0.717) is 27.9 Å². The summed E-state index contributed by atoms with van der Waals surface area (Å²) in [5.41, 5.74) is 0.757. The number of fused-ring (bicyclic) bond motifs is 2. The molecule has 3 heterocycles. The average molecular weight is 323 g/mol. The van der Waals surface area contributed by atoms with E-state index in [2.05, 4.69) is 15.0 Å². The number of hydrogen-bond donors (Lipinski definition) is 2. The molecule has 0 bridgehead atoms. The fraction of sp³-hybridized carbons (Fsp3) is 0. The monoisotopic (exact) mass is 323 g/mol. The lowest BCUT2D eigenvalue weighted by Crippen LogP contribution is -2.10. The molecule has 3 aromatic heterocycles. The van der Waals surface area contributed by atoms with E-state index < -0.39 is 5.63 Å². The number of rotatable bonds is 1. The Labute approximate surface area is 133 Å². The van der Waals surface area contributed by atoms with Gasteiger partial charge in [-0.3, -0.25) is 9.78 Å². The Kier molecular flexibility index (Phi) is 2.95. The van der Waals surface area contributed by atoms with Crippen molar-refractivity contribution in [3.8, 4) is 11.3 Å². The molecule has 4 rings (SSSR count). The Morgan fingerprint density at radius 3 is 2.74 bits per heavy atom. The zero-order valence-electron chi connectivity index (χ0n) is 11.6. The van der Waals surface area contributed by atoms with Crippen molar-refractivity contribution in [1.82, 2.24) is 15.0 Å². The average Bonchev–Trinajstić information content (AvgIpc) is 2.53. The Balaban J connectivity index is 2.02. The lowest BCUT2D eigenvalue weighted by Gasteiger charge is -2.03. The van der Waals surface area contributed by atoms with E-state index in [1.54, 1.807) is 30.3 Å². The molecule has 0 fully saturated rings. The zero-order valence-corrected chi connectivity index (χ0v) is 12.4. The first-order chi connectivity index (χ1) is 11.1. The number of nitrogens with one attached hydrogen (secondary N) is 2. The number of benzene rings is 1. The van der Waals surface area contributed by atoms with Gasteiger partial charge in [-0.25, -0.2) is 9.78 Å². The molecular weight excluding hydrogens is 314 g/mol. The number of H-pyrrole nitrogens is 2. The van der Waals surface area contributed by atoms with Crippen molar-refractivity contribution < 1.29 is 4.42 Å². The van der Waals surface area contributed by atoms with Crippen molar-refractivity contribution >= 4 is 34.2 Å². The molecule has 6 nitrogen and oxygen atoms in total. The highest BCUT2D eigenvalue weighted by molar-refractivity contribution is 7.71. The van der Waals surface area contributed by atoms with Gasteiger partial charge in [0.25, 0.3) is 5.56 Å². The topological polar surface area (TPSA) is 91.8 Å². The van der Waals surface area contributed by atoms with Crippen molar-refractivity contribution in [2.45, 2.75) is 0 Å². The summed E-state index contributed by atoms with van der Waals surface area (Å²) in [6.45, 7) is 0. The third-order valence-electron chi connectivity index (χ3n) is 3.52.